The number of ether oxygens (including phenoxy) is 1. The van der Waals surface area contributed by atoms with Crippen molar-refractivity contribution in [1.29, 1.82) is 0 Å². The minimum atomic E-state index is 0.864. The average molecular weight is 324 g/mol. The van der Waals surface area contributed by atoms with Crippen LogP contribution in [0.4, 0.5) is 0 Å². The van der Waals surface area contributed by atoms with Crippen molar-refractivity contribution in [1.82, 2.24) is 0 Å². The van der Waals surface area contributed by atoms with Gasteiger partial charge in [-0.1, -0.05) is 54.6 Å². The molecular formula is C23H16O2. The fraction of sp³-hybridized carbons (Fsp3) is 0.0435. The maximum absolute atomic E-state index is 6.17. The molecule has 0 unspecified atom stereocenters. The summed E-state index contributed by atoms with van der Waals surface area (Å²) in [5, 5.41) is 4.64. The van der Waals surface area contributed by atoms with E-state index >= 15 is 0 Å². The van der Waals surface area contributed by atoms with E-state index in [-0.39, 0.29) is 0 Å². The molecule has 4 aromatic carbocycles. The Hall–Kier alpha value is -3.26. The Bertz CT molecular complexity index is 1210. The summed E-state index contributed by atoms with van der Waals surface area (Å²) in [6.07, 6.45) is 0. The van der Waals surface area contributed by atoms with Crippen molar-refractivity contribution in [2.24, 2.45) is 0 Å². The summed E-state index contributed by atoms with van der Waals surface area (Å²) in [6.45, 7) is 0. The van der Waals surface area contributed by atoms with Crippen molar-refractivity contribution in [3.8, 4) is 16.9 Å². The van der Waals surface area contributed by atoms with Crippen LogP contribution < -0.4 is 4.74 Å². The molecule has 2 heteroatoms. The Morgan fingerprint density at radius 2 is 1.36 bits per heavy atom. The van der Waals surface area contributed by atoms with Crippen LogP contribution in [0, 0.1) is 0 Å². The normalized spacial score (nSPS) is 11.4. The number of benzene rings is 4. The van der Waals surface area contributed by atoms with Crippen LogP contribution in [-0.4, -0.2) is 7.11 Å². The topological polar surface area (TPSA) is 22.4 Å². The smallest absolute Gasteiger partial charge is 0.143 e. The summed E-state index contributed by atoms with van der Waals surface area (Å²) in [7, 11) is 1.69. The van der Waals surface area contributed by atoms with E-state index in [0.29, 0.717) is 0 Å². The number of furan rings is 1. The maximum atomic E-state index is 6.17. The van der Waals surface area contributed by atoms with Crippen LogP contribution in [0.3, 0.4) is 0 Å². The van der Waals surface area contributed by atoms with E-state index in [1.807, 2.05) is 24.3 Å². The van der Waals surface area contributed by atoms with Crippen LogP contribution in [-0.2, 0) is 0 Å². The zero-order chi connectivity index (χ0) is 16.8. The predicted molar refractivity (Wildman–Crippen MR) is 103 cm³/mol. The average Bonchev–Trinajstić information content (AvgIpc) is 3.06. The van der Waals surface area contributed by atoms with E-state index in [1.54, 1.807) is 7.11 Å². The molecule has 1 heterocycles. The predicted octanol–water partition coefficient (Wildman–Crippen LogP) is 6.41. The highest BCUT2D eigenvalue weighted by Crippen LogP contribution is 2.39. The lowest BCUT2D eigenvalue weighted by Gasteiger charge is -2.09. The van der Waals surface area contributed by atoms with Gasteiger partial charge in [-0.05, 0) is 40.8 Å². The van der Waals surface area contributed by atoms with Gasteiger partial charge in [-0.25, -0.2) is 0 Å². The van der Waals surface area contributed by atoms with E-state index in [1.165, 1.54) is 16.5 Å². The van der Waals surface area contributed by atoms with Gasteiger partial charge in [0.05, 0.1) is 7.11 Å². The highest BCUT2D eigenvalue weighted by Gasteiger charge is 2.14. The molecule has 1 aromatic heterocycles. The molecule has 0 aliphatic rings. The monoisotopic (exact) mass is 324 g/mol. The zero-order valence-corrected chi connectivity index (χ0v) is 13.8. The molecule has 5 aromatic rings. The molecular weight excluding hydrogens is 308 g/mol. The third kappa shape index (κ3) is 2.11. The molecule has 0 spiro atoms. The van der Waals surface area contributed by atoms with Crippen LogP contribution in [0.25, 0.3) is 43.8 Å². The van der Waals surface area contributed by atoms with E-state index in [0.717, 1.165) is 33.1 Å². The SMILES string of the molecule is COc1ccc(-c2cc3c4ccccc4oc3c3ccccc23)cc1. The number of rotatable bonds is 2. The van der Waals surface area contributed by atoms with Crippen LogP contribution in [0.1, 0.15) is 0 Å². The second kappa shape index (κ2) is 5.38. The van der Waals surface area contributed by atoms with Gasteiger partial charge in [-0.15, -0.1) is 0 Å². The first kappa shape index (κ1) is 14.1. The molecule has 0 bridgehead atoms. The van der Waals surface area contributed by atoms with Crippen molar-refractivity contribution < 1.29 is 9.15 Å². The Kier molecular flexibility index (Phi) is 3.04. The Labute approximate surface area is 145 Å². The maximum Gasteiger partial charge on any atom is 0.143 e. The number of fused-ring (bicyclic) bond motifs is 5. The fourth-order valence-electron chi connectivity index (χ4n) is 3.56. The van der Waals surface area contributed by atoms with Gasteiger partial charge in [0.2, 0.25) is 0 Å². The van der Waals surface area contributed by atoms with Crippen LogP contribution >= 0.6 is 0 Å². The third-order valence-corrected chi connectivity index (χ3v) is 4.79. The first-order valence-electron chi connectivity index (χ1n) is 8.32. The molecule has 2 nitrogen and oxygen atoms in total. The first-order chi connectivity index (χ1) is 12.3. The quantitative estimate of drug-likeness (QED) is 0.374. The molecule has 0 saturated carbocycles. The molecule has 5 rings (SSSR count). The van der Waals surface area contributed by atoms with E-state index in [4.69, 9.17) is 9.15 Å². The van der Waals surface area contributed by atoms with E-state index in [9.17, 15) is 0 Å². The second-order valence-electron chi connectivity index (χ2n) is 6.17. The van der Waals surface area contributed by atoms with Gasteiger partial charge in [0.1, 0.15) is 16.9 Å². The number of para-hydroxylation sites is 1. The van der Waals surface area contributed by atoms with E-state index in [2.05, 4.69) is 54.6 Å². The molecule has 0 fully saturated rings. The van der Waals surface area contributed by atoms with E-state index < -0.39 is 0 Å². The van der Waals surface area contributed by atoms with Gasteiger partial charge >= 0.3 is 0 Å². The summed E-state index contributed by atoms with van der Waals surface area (Å²) in [5.41, 5.74) is 4.25. The number of hydrogen-bond donors (Lipinski definition) is 0. The van der Waals surface area contributed by atoms with Gasteiger partial charge < -0.3 is 9.15 Å². The largest absolute Gasteiger partial charge is 0.497 e. The van der Waals surface area contributed by atoms with Gasteiger partial charge in [0.25, 0.3) is 0 Å². The van der Waals surface area contributed by atoms with Crippen LogP contribution in [0.5, 0.6) is 5.75 Å². The van der Waals surface area contributed by atoms with Crippen molar-refractivity contribution in [3.05, 3.63) is 78.9 Å². The van der Waals surface area contributed by atoms with Gasteiger partial charge in [-0.2, -0.15) is 0 Å². The molecule has 25 heavy (non-hydrogen) atoms. The van der Waals surface area contributed by atoms with Gasteiger partial charge in [0, 0.05) is 16.2 Å². The molecule has 0 atom stereocenters. The fourth-order valence-corrected chi connectivity index (χ4v) is 3.56. The molecule has 0 amide bonds. The summed E-state index contributed by atoms with van der Waals surface area (Å²) < 4.78 is 11.5. The highest BCUT2D eigenvalue weighted by atomic mass is 16.5. The summed E-state index contributed by atoms with van der Waals surface area (Å²) in [4.78, 5) is 0. The molecule has 0 saturated heterocycles. The standard InChI is InChI=1S/C23H16O2/c1-24-16-12-10-15(11-13-16)20-14-21-18-7-4-5-9-22(18)25-23(21)19-8-3-2-6-17(19)20/h2-14H,1H3. The minimum Gasteiger partial charge on any atom is -0.497 e. The second-order valence-corrected chi connectivity index (χ2v) is 6.17. The summed E-state index contributed by atoms with van der Waals surface area (Å²) in [6, 6.07) is 27.1. The van der Waals surface area contributed by atoms with Crippen LogP contribution in [0.2, 0.25) is 0 Å². The minimum absolute atomic E-state index is 0.864. The molecule has 0 radical (unpaired) electrons. The van der Waals surface area contributed by atoms with Crippen molar-refractivity contribution in [2.45, 2.75) is 0 Å². The number of hydrogen-bond acceptors (Lipinski definition) is 2. The van der Waals surface area contributed by atoms with Crippen molar-refractivity contribution in [3.63, 3.8) is 0 Å². The Morgan fingerprint density at radius 1 is 0.680 bits per heavy atom. The molecule has 120 valence electrons. The van der Waals surface area contributed by atoms with Gasteiger partial charge in [-0.3, -0.25) is 0 Å². The first-order valence-corrected chi connectivity index (χ1v) is 8.32. The summed E-state index contributed by atoms with van der Waals surface area (Å²) in [5.74, 6) is 0.864. The molecule has 0 aliphatic heterocycles. The van der Waals surface area contributed by atoms with Crippen molar-refractivity contribution >= 4 is 32.7 Å². The lowest BCUT2D eigenvalue weighted by Crippen LogP contribution is -1.85. The molecule has 0 N–H and O–H groups in total. The number of methoxy groups -OCH3 is 1. The van der Waals surface area contributed by atoms with Crippen LogP contribution in [0.15, 0.2) is 83.3 Å². The lowest BCUT2D eigenvalue weighted by atomic mass is 9.95. The van der Waals surface area contributed by atoms with Crippen molar-refractivity contribution in [2.75, 3.05) is 7.11 Å². The highest BCUT2D eigenvalue weighted by molar-refractivity contribution is 6.19. The third-order valence-electron chi connectivity index (χ3n) is 4.79. The zero-order valence-electron chi connectivity index (χ0n) is 13.8. The van der Waals surface area contributed by atoms with Gasteiger partial charge in [0.15, 0.2) is 0 Å². The Balaban J connectivity index is 1.91. The lowest BCUT2D eigenvalue weighted by molar-refractivity contribution is 0.415. The molecule has 0 aliphatic carbocycles. The summed E-state index contributed by atoms with van der Waals surface area (Å²) >= 11 is 0. The Morgan fingerprint density at radius 3 is 2.12 bits per heavy atom.